The van der Waals surface area contributed by atoms with Gasteiger partial charge >= 0.3 is 12.1 Å². The number of amides is 2. The molecule has 0 saturated carbocycles. The van der Waals surface area contributed by atoms with Crippen molar-refractivity contribution in [3.05, 3.63) is 83.8 Å². The van der Waals surface area contributed by atoms with Crippen LogP contribution in [0.4, 0.5) is 16.3 Å². The lowest BCUT2D eigenvalue weighted by molar-refractivity contribution is -0.142. The van der Waals surface area contributed by atoms with E-state index in [4.69, 9.17) is 20.2 Å². The maximum atomic E-state index is 13.6. The summed E-state index contributed by atoms with van der Waals surface area (Å²) in [5, 5.41) is 3.34. The molecule has 0 aliphatic heterocycles. The highest BCUT2D eigenvalue weighted by Gasteiger charge is 2.21. The number of fused-ring (bicyclic) bond motifs is 1. The van der Waals surface area contributed by atoms with E-state index in [0.29, 0.717) is 35.6 Å². The number of aliphatic imine (C=N–C) groups is 1. The van der Waals surface area contributed by atoms with Crippen molar-refractivity contribution in [1.29, 1.82) is 0 Å². The average Bonchev–Trinajstić information content (AvgIpc) is 3.37. The monoisotopic (exact) mass is 613 g/mol. The van der Waals surface area contributed by atoms with Gasteiger partial charge in [0.1, 0.15) is 17.5 Å². The molecule has 0 unspecified atom stereocenters. The Morgan fingerprint density at radius 1 is 1.00 bits per heavy atom. The summed E-state index contributed by atoms with van der Waals surface area (Å²) in [7, 11) is 1.91. The van der Waals surface area contributed by atoms with Crippen LogP contribution >= 0.6 is 0 Å². The number of ether oxygens (including phenoxy) is 2. The molecule has 3 N–H and O–H groups in total. The van der Waals surface area contributed by atoms with Crippen molar-refractivity contribution in [1.82, 2.24) is 14.5 Å². The van der Waals surface area contributed by atoms with Gasteiger partial charge < -0.3 is 25.1 Å². The van der Waals surface area contributed by atoms with E-state index in [1.807, 2.05) is 29.8 Å². The minimum absolute atomic E-state index is 0.0455. The molecule has 0 bridgehead atoms. The van der Waals surface area contributed by atoms with Crippen LogP contribution in [0.3, 0.4) is 0 Å². The van der Waals surface area contributed by atoms with Crippen molar-refractivity contribution in [3.63, 3.8) is 0 Å². The lowest BCUT2D eigenvalue weighted by atomic mass is 10.1. The Bertz CT molecular complexity index is 1630. The van der Waals surface area contributed by atoms with Gasteiger partial charge in [0.25, 0.3) is 5.91 Å². The number of pyridine rings is 1. The fourth-order valence-electron chi connectivity index (χ4n) is 4.61. The van der Waals surface area contributed by atoms with Crippen LogP contribution in [0.2, 0.25) is 0 Å². The second-order valence-electron chi connectivity index (χ2n) is 10.2. The standard InChI is InChI=1S/C33H39N7O5/c1-4-6-9-20-45-33(43)38-31(34)23-11-14-25(15-12-23)36-22-29-37-26-21-24(13-16-27(26)39(29)3)32(42)40(19-17-30(41)44-5-2)28-10-7-8-18-35-28/h7-8,10-16,18,21,36H,4-6,9,17,19-20,22H2,1-3H3,(H2,34,38,43). The highest BCUT2D eigenvalue weighted by atomic mass is 16.5. The zero-order chi connectivity index (χ0) is 32.2. The molecule has 0 radical (unpaired) electrons. The summed E-state index contributed by atoms with van der Waals surface area (Å²) >= 11 is 0. The molecule has 0 spiro atoms. The van der Waals surface area contributed by atoms with Gasteiger partial charge in [0.05, 0.1) is 37.2 Å². The third-order valence-electron chi connectivity index (χ3n) is 7.05. The third-order valence-corrected chi connectivity index (χ3v) is 7.05. The highest BCUT2D eigenvalue weighted by Crippen LogP contribution is 2.21. The molecule has 45 heavy (non-hydrogen) atoms. The summed E-state index contributed by atoms with van der Waals surface area (Å²) in [6.45, 7) is 4.96. The summed E-state index contributed by atoms with van der Waals surface area (Å²) in [5.41, 5.74) is 9.37. The predicted molar refractivity (Wildman–Crippen MR) is 173 cm³/mol. The Labute approximate surface area is 262 Å². The fraction of sp³-hybridized carbons (Fsp3) is 0.333. The summed E-state index contributed by atoms with van der Waals surface area (Å²) in [6.07, 6.45) is 3.77. The minimum Gasteiger partial charge on any atom is -0.466 e. The zero-order valence-electron chi connectivity index (χ0n) is 25.9. The van der Waals surface area contributed by atoms with Crippen LogP contribution in [0.1, 0.15) is 61.3 Å². The quantitative estimate of drug-likeness (QED) is 0.0844. The Kier molecular flexibility index (Phi) is 11.6. The van der Waals surface area contributed by atoms with E-state index in [9.17, 15) is 14.4 Å². The van der Waals surface area contributed by atoms with Gasteiger partial charge in [0.15, 0.2) is 0 Å². The van der Waals surface area contributed by atoms with E-state index in [1.165, 1.54) is 4.90 Å². The lowest BCUT2D eigenvalue weighted by Crippen LogP contribution is -2.34. The van der Waals surface area contributed by atoms with E-state index in [1.54, 1.807) is 55.6 Å². The molecule has 0 saturated heterocycles. The Morgan fingerprint density at radius 3 is 2.49 bits per heavy atom. The van der Waals surface area contributed by atoms with E-state index >= 15 is 0 Å². The molecule has 2 aromatic carbocycles. The van der Waals surface area contributed by atoms with Gasteiger partial charge in [-0.1, -0.05) is 25.8 Å². The maximum Gasteiger partial charge on any atom is 0.435 e. The summed E-state index contributed by atoms with van der Waals surface area (Å²) in [4.78, 5) is 51.9. The molecular formula is C33H39N7O5. The summed E-state index contributed by atoms with van der Waals surface area (Å²) in [5.74, 6) is 0.615. The number of rotatable bonds is 14. The Morgan fingerprint density at radius 2 is 1.78 bits per heavy atom. The van der Waals surface area contributed by atoms with Crippen LogP contribution in [0.5, 0.6) is 0 Å². The number of unbranched alkanes of at least 4 members (excludes halogenated alkanes) is 2. The molecule has 236 valence electrons. The number of aryl methyl sites for hydroxylation is 1. The first-order valence-electron chi connectivity index (χ1n) is 15.0. The fourth-order valence-corrected chi connectivity index (χ4v) is 4.61. The molecule has 0 aliphatic carbocycles. The number of anilines is 2. The van der Waals surface area contributed by atoms with Gasteiger partial charge in [-0.3, -0.25) is 14.5 Å². The topological polar surface area (TPSA) is 154 Å². The number of hydrogen-bond acceptors (Lipinski definition) is 8. The number of amidine groups is 1. The lowest BCUT2D eigenvalue weighted by Gasteiger charge is -2.21. The molecule has 2 amide bonds. The van der Waals surface area contributed by atoms with Crippen molar-refractivity contribution in [2.45, 2.75) is 46.1 Å². The molecule has 4 aromatic rings. The number of carbonyl (C=O) groups is 3. The van der Waals surface area contributed by atoms with Gasteiger partial charge in [-0.25, -0.2) is 14.8 Å². The maximum absolute atomic E-state index is 13.6. The van der Waals surface area contributed by atoms with Gasteiger partial charge in [-0.2, -0.15) is 4.99 Å². The van der Waals surface area contributed by atoms with Gasteiger partial charge in [0, 0.05) is 36.6 Å². The number of nitrogens with one attached hydrogen (secondary N) is 1. The molecule has 4 rings (SSSR count). The normalized spacial score (nSPS) is 11.3. The van der Waals surface area contributed by atoms with Gasteiger partial charge in [-0.15, -0.1) is 0 Å². The number of nitrogens with zero attached hydrogens (tertiary/aromatic N) is 5. The molecular weight excluding hydrogens is 574 g/mol. The number of carbonyl (C=O) groups excluding carboxylic acids is 3. The SMILES string of the molecule is CCCCCOC(=O)/N=C(/N)c1ccc(NCc2nc3cc(C(=O)N(CCC(=O)OCC)c4ccccn4)ccc3n2C)cc1. The van der Waals surface area contributed by atoms with E-state index in [0.717, 1.165) is 36.3 Å². The largest absolute Gasteiger partial charge is 0.466 e. The van der Waals surface area contributed by atoms with Crippen LogP contribution in [0.25, 0.3) is 11.0 Å². The number of nitrogens with two attached hydrogens (primary N) is 1. The second-order valence-corrected chi connectivity index (χ2v) is 10.2. The van der Waals surface area contributed by atoms with Crippen molar-refractivity contribution >= 4 is 46.3 Å². The first-order valence-corrected chi connectivity index (χ1v) is 15.0. The third kappa shape index (κ3) is 8.88. The first-order chi connectivity index (χ1) is 21.8. The molecule has 0 fully saturated rings. The second kappa shape index (κ2) is 16.0. The molecule has 12 heteroatoms. The van der Waals surface area contributed by atoms with Crippen molar-refractivity contribution in [2.24, 2.45) is 17.8 Å². The van der Waals surface area contributed by atoms with Crippen LogP contribution < -0.4 is 16.0 Å². The summed E-state index contributed by atoms with van der Waals surface area (Å²) in [6, 6.07) is 17.8. The Hall–Kier alpha value is -5.26. The minimum atomic E-state index is -0.696. The van der Waals surface area contributed by atoms with Gasteiger partial charge in [0.2, 0.25) is 0 Å². The van der Waals surface area contributed by atoms with Crippen LogP contribution in [0, 0.1) is 0 Å². The van der Waals surface area contributed by atoms with Crippen LogP contribution in [0.15, 0.2) is 71.9 Å². The number of imidazole rings is 1. The molecule has 0 atom stereocenters. The molecule has 0 aliphatic rings. The van der Waals surface area contributed by atoms with Crippen molar-refractivity contribution in [3.8, 4) is 0 Å². The number of esters is 1. The number of aromatic nitrogens is 3. The van der Waals surface area contributed by atoms with Crippen molar-refractivity contribution in [2.75, 3.05) is 30.0 Å². The zero-order valence-corrected chi connectivity index (χ0v) is 25.9. The van der Waals surface area contributed by atoms with E-state index < -0.39 is 6.09 Å². The highest BCUT2D eigenvalue weighted by molar-refractivity contribution is 6.07. The predicted octanol–water partition coefficient (Wildman–Crippen LogP) is 5.21. The van der Waals surface area contributed by atoms with Crippen LogP contribution in [-0.4, -0.2) is 58.1 Å². The molecule has 2 heterocycles. The number of hydrogen-bond donors (Lipinski definition) is 2. The smallest absolute Gasteiger partial charge is 0.435 e. The van der Waals surface area contributed by atoms with Crippen molar-refractivity contribution < 1.29 is 23.9 Å². The average molecular weight is 614 g/mol. The van der Waals surface area contributed by atoms with E-state index in [2.05, 4.69) is 22.2 Å². The van der Waals surface area contributed by atoms with Gasteiger partial charge in [-0.05, 0) is 67.9 Å². The first kappa shape index (κ1) is 32.6. The summed E-state index contributed by atoms with van der Waals surface area (Å²) < 4.78 is 12.1. The van der Waals surface area contributed by atoms with Crippen LogP contribution in [-0.2, 0) is 27.9 Å². The number of benzene rings is 2. The molecule has 2 aromatic heterocycles. The molecule has 12 nitrogen and oxygen atoms in total. The Balaban J connectivity index is 1.43. The van der Waals surface area contributed by atoms with E-state index in [-0.39, 0.29) is 37.3 Å².